The Hall–Kier alpha value is -2.09. The van der Waals surface area contributed by atoms with Crippen molar-refractivity contribution in [1.82, 2.24) is 14.8 Å². The van der Waals surface area contributed by atoms with Crippen LogP contribution in [0.5, 0.6) is 0 Å². The molecule has 0 amide bonds. The van der Waals surface area contributed by atoms with Gasteiger partial charge in [0.15, 0.2) is 0 Å². The van der Waals surface area contributed by atoms with Gasteiger partial charge in [-0.15, -0.1) is 0 Å². The van der Waals surface area contributed by atoms with Gasteiger partial charge in [-0.25, -0.2) is 0 Å². The van der Waals surface area contributed by atoms with Crippen molar-refractivity contribution in [2.24, 2.45) is 13.0 Å². The lowest BCUT2D eigenvalue weighted by molar-refractivity contribution is 0.314. The van der Waals surface area contributed by atoms with Crippen molar-refractivity contribution in [3.05, 3.63) is 59.4 Å². The molecule has 0 bridgehead atoms. The number of hydrogen-bond donors (Lipinski definition) is 1. The van der Waals surface area contributed by atoms with Crippen molar-refractivity contribution in [2.75, 3.05) is 19.6 Å². The van der Waals surface area contributed by atoms with Crippen molar-refractivity contribution >= 4 is 0 Å². The van der Waals surface area contributed by atoms with Crippen LogP contribution in [0.25, 0.3) is 0 Å². The van der Waals surface area contributed by atoms with Crippen molar-refractivity contribution in [1.29, 1.82) is 5.26 Å². The lowest BCUT2D eigenvalue weighted by Gasteiger charge is -2.16. The molecule has 1 unspecified atom stereocenters. The van der Waals surface area contributed by atoms with E-state index in [4.69, 9.17) is 5.26 Å². The van der Waals surface area contributed by atoms with E-state index < -0.39 is 0 Å². The molecular weight excluding hydrogens is 284 g/mol. The number of rotatable bonds is 6. The number of benzene rings is 1. The van der Waals surface area contributed by atoms with Crippen LogP contribution >= 0.6 is 0 Å². The topological polar surface area (TPSA) is 44.0 Å². The predicted octanol–water partition coefficient (Wildman–Crippen LogP) is 2.51. The fourth-order valence-corrected chi connectivity index (χ4v) is 3.33. The molecule has 1 atom stereocenters. The second-order valence-electron chi connectivity index (χ2n) is 6.46. The fourth-order valence-electron chi connectivity index (χ4n) is 3.33. The molecule has 23 heavy (non-hydrogen) atoms. The number of hydrogen-bond acceptors (Lipinski definition) is 3. The van der Waals surface area contributed by atoms with Crippen LogP contribution in [0.1, 0.15) is 23.2 Å². The van der Waals surface area contributed by atoms with Crippen molar-refractivity contribution < 1.29 is 0 Å². The molecule has 4 heteroatoms. The van der Waals surface area contributed by atoms with E-state index in [1.54, 1.807) is 0 Å². The Balaban J connectivity index is 1.41. The summed E-state index contributed by atoms with van der Waals surface area (Å²) in [7, 11) is 1.92. The zero-order chi connectivity index (χ0) is 16.1. The van der Waals surface area contributed by atoms with Crippen LogP contribution in [0, 0.1) is 17.2 Å². The summed E-state index contributed by atoms with van der Waals surface area (Å²) in [4.78, 5) is 2.54. The van der Waals surface area contributed by atoms with Crippen LogP contribution in [0.15, 0.2) is 42.6 Å². The van der Waals surface area contributed by atoms with Gasteiger partial charge in [0.05, 0.1) is 0 Å². The molecule has 1 N–H and O–H groups in total. The molecule has 2 heterocycles. The van der Waals surface area contributed by atoms with Gasteiger partial charge in [0, 0.05) is 32.9 Å². The van der Waals surface area contributed by atoms with Crippen LogP contribution in [-0.4, -0.2) is 29.1 Å². The van der Waals surface area contributed by atoms with Gasteiger partial charge in [0.25, 0.3) is 0 Å². The summed E-state index contributed by atoms with van der Waals surface area (Å²) in [5.41, 5.74) is 3.30. The van der Waals surface area contributed by atoms with E-state index in [1.165, 1.54) is 30.6 Å². The number of nitrogens with zero attached hydrogens (tertiary/aromatic N) is 3. The second kappa shape index (κ2) is 7.45. The van der Waals surface area contributed by atoms with Gasteiger partial charge in [-0.2, -0.15) is 5.26 Å². The maximum absolute atomic E-state index is 8.98. The van der Waals surface area contributed by atoms with Gasteiger partial charge in [-0.05, 0) is 42.6 Å². The van der Waals surface area contributed by atoms with Gasteiger partial charge < -0.3 is 9.88 Å². The zero-order valence-electron chi connectivity index (χ0n) is 13.7. The van der Waals surface area contributed by atoms with Gasteiger partial charge >= 0.3 is 0 Å². The lowest BCUT2D eigenvalue weighted by Crippen LogP contribution is -2.26. The quantitative estimate of drug-likeness (QED) is 0.892. The Kier molecular flexibility index (Phi) is 5.12. The number of aromatic nitrogens is 1. The monoisotopic (exact) mass is 308 g/mol. The van der Waals surface area contributed by atoms with Crippen LogP contribution < -0.4 is 5.32 Å². The van der Waals surface area contributed by atoms with E-state index >= 15 is 0 Å². The first-order valence-corrected chi connectivity index (χ1v) is 8.27. The van der Waals surface area contributed by atoms with Crippen molar-refractivity contribution in [3.8, 4) is 6.07 Å². The molecule has 1 aromatic carbocycles. The molecule has 1 saturated heterocycles. The highest BCUT2D eigenvalue weighted by atomic mass is 15.1. The van der Waals surface area contributed by atoms with Crippen LogP contribution in [0.3, 0.4) is 0 Å². The van der Waals surface area contributed by atoms with E-state index in [-0.39, 0.29) is 0 Å². The number of likely N-dealkylation sites (tertiary alicyclic amines) is 1. The largest absolute Gasteiger partial charge is 0.342 e. The molecule has 0 spiro atoms. The first-order chi connectivity index (χ1) is 11.2. The Morgan fingerprint density at radius 3 is 2.83 bits per heavy atom. The molecule has 1 aliphatic heterocycles. The Bertz CT molecular complexity index is 668. The normalized spacial score (nSPS) is 18.2. The number of aryl methyl sites for hydroxylation is 1. The zero-order valence-corrected chi connectivity index (χ0v) is 13.7. The summed E-state index contributed by atoms with van der Waals surface area (Å²) in [6.45, 7) is 5.29. The van der Waals surface area contributed by atoms with Gasteiger partial charge in [-0.3, -0.25) is 4.90 Å². The van der Waals surface area contributed by atoms with Crippen LogP contribution in [0.4, 0.5) is 0 Å². The van der Waals surface area contributed by atoms with E-state index in [9.17, 15) is 0 Å². The molecule has 0 aliphatic carbocycles. The van der Waals surface area contributed by atoms with E-state index in [0.29, 0.717) is 0 Å². The van der Waals surface area contributed by atoms with Crippen molar-refractivity contribution in [2.45, 2.75) is 19.5 Å². The minimum absolute atomic E-state index is 0.719. The molecule has 1 aromatic heterocycles. The molecule has 3 rings (SSSR count). The van der Waals surface area contributed by atoms with Crippen molar-refractivity contribution in [3.63, 3.8) is 0 Å². The third-order valence-corrected chi connectivity index (χ3v) is 4.56. The Morgan fingerprint density at radius 2 is 2.09 bits per heavy atom. The molecule has 4 nitrogen and oxygen atoms in total. The van der Waals surface area contributed by atoms with E-state index in [2.05, 4.69) is 46.6 Å². The first kappa shape index (κ1) is 15.8. The summed E-state index contributed by atoms with van der Waals surface area (Å²) in [5.74, 6) is 0.720. The SMILES string of the molecule is Cn1cc(CNCC2CCN(Cc3ccccc3)C2)cc1C#N. The molecular formula is C19H24N4. The van der Waals surface area contributed by atoms with E-state index in [1.807, 2.05) is 23.9 Å². The highest BCUT2D eigenvalue weighted by molar-refractivity contribution is 5.28. The third-order valence-electron chi connectivity index (χ3n) is 4.56. The van der Waals surface area contributed by atoms with Gasteiger partial charge in [0.2, 0.25) is 0 Å². The second-order valence-corrected chi connectivity index (χ2v) is 6.46. The van der Waals surface area contributed by atoms with Crippen LogP contribution in [0.2, 0.25) is 0 Å². The summed E-state index contributed by atoms with van der Waals surface area (Å²) < 4.78 is 1.88. The predicted molar refractivity (Wildman–Crippen MR) is 91.7 cm³/mol. The first-order valence-electron chi connectivity index (χ1n) is 8.27. The Morgan fingerprint density at radius 1 is 1.26 bits per heavy atom. The molecule has 1 fully saturated rings. The maximum Gasteiger partial charge on any atom is 0.120 e. The van der Waals surface area contributed by atoms with Crippen LogP contribution in [-0.2, 0) is 20.1 Å². The minimum atomic E-state index is 0.719. The molecule has 2 aromatic rings. The summed E-state index contributed by atoms with van der Waals surface area (Å²) in [6.07, 6.45) is 3.29. The molecule has 0 radical (unpaired) electrons. The number of nitrogens with one attached hydrogen (secondary N) is 1. The number of nitriles is 1. The molecule has 120 valence electrons. The highest BCUT2D eigenvalue weighted by Crippen LogP contribution is 2.18. The standard InChI is InChI=1S/C19H24N4/c1-22-13-18(9-19(22)10-20)12-21-11-17-7-8-23(15-17)14-16-5-3-2-4-6-16/h2-6,9,13,17,21H,7-8,11-12,14-15H2,1H3. The fraction of sp³-hybridized carbons (Fsp3) is 0.421. The summed E-state index contributed by atoms with van der Waals surface area (Å²) >= 11 is 0. The van der Waals surface area contributed by atoms with Gasteiger partial charge in [-0.1, -0.05) is 30.3 Å². The average Bonchev–Trinajstić information content (AvgIpc) is 3.15. The van der Waals surface area contributed by atoms with Gasteiger partial charge in [0.1, 0.15) is 11.8 Å². The summed E-state index contributed by atoms with van der Waals surface area (Å²) in [6, 6.07) is 14.9. The summed E-state index contributed by atoms with van der Waals surface area (Å²) in [5, 5.41) is 12.5. The molecule has 0 saturated carbocycles. The Labute approximate surface area is 138 Å². The molecule has 1 aliphatic rings. The highest BCUT2D eigenvalue weighted by Gasteiger charge is 2.21. The minimum Gasteiger partial charge on any atom is -0.342 e. The average molecular weight is 308 g/mol. The maximum atomic E-state index is 8.98. The van der Waals surface area contributed by atoms with E-state index in [0.717, 1.165) is 31.2 Å². The lowest BCUT2D eigenvalue weighted by atomic mass is 10.1. The third kappa shape index (κ3) is 4.22. The smallest absolute Gasteiger partial charge is 0.120 e.